The van der Waals surface area contributed by atoms with Crippen molar-refractivity contribution >= 4 is 16.7 Å². The molecule has 1 aliphatic heterocycles. The molecule has 4 heterocycles. The summed E-state index contributed by atoms with van der Waals surface area (Å²) in [6.07, 6.45) is 6.04. The maximum atomic E-state index is 13.8. The number of nitrogens with zero attached hydrogens (tertiary/aromatic N) is 6. The van der Waals surface area contributed by atoms with E-state index in [4.69, 9.17) is 0 Å². The molecule has 0 amide bonds. The summed E-state index contributed by atoms with van der Waals surface area (Å²) in [6.45, 7) is 1.46. The molecule has 134 valence electrons. The summed E-state index contributed by atoms with van der Waals surface area (Å²) < 4.78 is 15.6. The van der Waals surface area contributed by atoms with Gasteiger partial charge < -0.3 is 4.90 Å². The molecule has 1 aromatic carbocycles. The Kier molecular flexibility index (Phi) is 3.60. The number of hydrogen-bond acceptors (Lipinski definition) is 5. The van der Waals surface area contributed by atoms with Crippen LogP contribution in [0.25, 0.3) is 22.2 Å². The van der Waals surface area contributed by atoms with Crippen molar-refractivity contribution in [3.63, 3.8) is 0 Å². The van der Waals surface area contributed by atoms with Gasteiger partial charge in [0, 0.05) is 55.6 Å². The van der Waals surface area contributed by atoms with Crippen molar-refractivity contribution in [1.29, 1.82) is 0 Å². The first-order chi connectivity index (χ1) is 13.2. The van der Waals surface area contributed by atoms with Crippen LogP contribution in [0.2, 0.25) is 0 Å². The van der Waals surface area contributed by atoms with E-state index in [1.165, 1.54) is 18.5 Å². The number of pyridine rings is 1. The molecule has 4 aromatic rings. The van der Waals surface area contributed by atoms with Gasteiger partial charge in [-0.1, -0.05) is 0 Å². The second-order valence-corrected chi connectivity index (χ2v) is 6.70. The van der Waals surface area contributed by atoms with Crippen LogP contribution in [0.4, 0.5) is 10.2 Å². The molecular weight excluding hydrogens is 343 g/mol. The Bertz CT molecular complexity index is 1150. The van der Waals surface area contributed by atoms with E-state index in [0.29, 0.717) is 6.54 Å². The first-order valence-electron chi connectivity index (χ1n) is 8.80. The van der Waals surface area contributed by atoms with Crippen LogP contribution in [0.15, 0.2) is 49.1 Å². The summed E-state index contributed by atoms with van der Waals surface area (Å²) in [5.74, 6) is 0.479. The largest absolute Gasteiger partial charge is 0.351 e. The minimum Gasteiger partial charge on any atom is -0.351 e. The van der Waals surface area contributed by atoms with Gasteiger partial charge in [0.2, 0.25) is 0 Å². The molecule has 7 heteroatoms. The Morgan fingerprint density at radius 2 is 2.00 bits per heavy atom. The fourth-order valence-corrected chi connectivity index (χ4v) is 3.67. The summed E-state index contributed by atoms with van der Waals surface area (Å²) in [4.78, 5) is 15.5. The van der Waals surface area contributed by atoms with Crippen LogP contribution >= 0.6 is 0 Å². The molecule has 6 nitrogen and oxygen atoms in total. The lowest BCUT2D eigenvalue weighted by molar-refractivity contribution is 0.629. The van der Waals surface area contributed by atoms with Crippen molar-refractivity contribution in [2.45, 2.75) is 13.0 Å². The molecule has 0 bridgehead atoms. The van der Waals surface area contributed by atoms with E-state index in [9.17, 15) is 4.39 Å². The minimum atomic E-state index is -0.281. The molecule has 0 N–H and O–H groups in total. The zero-order chi connectivity index (χ0) is 18.4. The Labute approximate surface area is 155 Å². The third-order valence-corrected chi connectivity index (χ3v) is 5.03. The number of benzene rings is 1. The summed E-state index contributed by atoms with van der Waals surface area (Å²) in [6, 6.07) is 8.76. The van der Waals surface area contributed by atoms with Gasteiger partial charge in [0.25, 0.3) is 0 Å². The molecule has 0 atom stereocenters. The van der Waals surface area contributed by atoms with Crippen molar-refractivity contribution in [2.75, 3.05) is 11.4 Å². The van der Waals surface area contributed by atoms with Crippen LogP contribution < -0.4 is 4.90 Å². The maximum Gasteiger partial charge on any atom is 0.140 e. The zero-order valence-corrected chi connectivity index (χ0v) is 14.8. The third kappa shape index (κ3) is 2.71. The Morgan fingerprint density at radius 1 is 1.07 bits per heavy atom. The van der Waals surface area contributed by atoms with E-state index in [1.54, 1.807) is 12.3 Å². The van der Waals surface area contributed by atoms with E-state index in [0.717, 1.165) is 52.2 Å². The van der Waals surface area contributed by atoms with Gasteiger partial charge in [0.1, 0.15) is 18.0 Å². The zero-order valence-electron chi connectivity index (χ0n) is 14.8. The Morgan fingerprint density at radius 3 is 2.85 bits per heavy atom. The number of halogens is 1. The number of aromatic nitrogens is 5. The van der Waals surface area contributed by atoms with Gasteiger partial charge in [-0.15, -0.1) is 0 Å². The van der Waals surface area contributed by atoms with Gasteiger partial charge in [0.15, 0.2) is 0 Å². The van der Waals surface area contributed by atoms with Crippen molar-refractivity contribution in [1.82, 2.24) is 24.7 Å². The second-order valence-electron chi connectivity index (χ2n) is 6.70. The van der Waals surface area contributed by atoms with E-state index in [2.05, 4.69) is 31.0 Å². The lowest BCUT2D eigenvalue weighted by Gasteiger charge is -2.30. The van der Waals surface area contributed by atoms with E-state index in [1.807, 2.05) is 24.0 Å². The predicted octanol–water partition coefficient (Wildman–Crippen LogP) is 3.13. The van der Waals surface area contributed by atoms with Gasteiger partial charge in [-0.2, -0.15) is 5.10 Å². The van der Waals surface area contributed by atoms with Crippen LogP contribution in [-0.2, 0) is 20.0 Å². The van der Waals surface area contributed by atoms with Crippen molar-refractivity contribution in [3.05, 3.63) is 66.1 Å². The van der Waals surface area contributed by atoms with Crippen molar-refractivity contribution in [3.8, 4) is 11.3 Å². The average Bonchev–Trinajstić information content (AvgIpc) is 3.12. The van der Waals surface area contributed by atoms with Crippen molar-refractivity contribution < 1.29 is 4.39 Å². The molecule has 0 unspecified atom stereocenters. The molecule has 0 saturated heterocycles. The fourth-order valence-electron chi connectivity index (χ4n) is 3.67. The number of aryl methyl sites for hydroxylation is 1. The van der Waals surface area contributed by atoms with E-state index >= 15 is 0 Å². The fraction of sp³-hybridized carbons (Fsp3) is 0.200. The molecular formula is C20H17FN6. The van der Waals surface area contributed by atoms with Gasteiger partial charge in [-0.3, -0.25) is 9.67 Å². The SMILES string of the molecule is Cn1nccc1-c1cnc2c(c1)CN(c1ncnc3ccc(F)cc13)CC2. The summed E-state index contributed by atoms with van der Waals surface area (Å²) in [5, 5.41) is 4.97. The highest BCUT2D eigenvalue weighted by atomic mass is 19.1. The van der Waals surface area contributed by atoms with Crippen LogP contribution in [0.1, 0.15) is 11.3 Å². The van der Waals surface area contributed by atoms with Crippen LogP contribution in [0.3, 0.4) is 0 Å². The van der Waals surface area contributed by atoms with Crippen LogP contribution in [0.5, 0.6) is 0 Å². The van der Waals surface area contributed by atoms with Gasteiger partial charge in [0.05, 0.1) is 11.2 Å². The maximum absolute atomic E-state index is 13.8. The number of rotatable bonds is 2. The molecule has 0 spiro atoms. The quantitative estimate of drug-likeness (QED) is 0.550. The molecule has 3 aromatic heterocycles. The number of anilines is 1. The third-order valence-electron chi connectivity index (χ3n) is 5.03. The second kappa shape index (κ2) is 6.12. The number of hydrogen-bond donors (Lipinski definition) is 0. The average molecular weight is 360 g/mol. The molecule has 0 saturated carbocycles. The lowest BCUT2D eigenvalue weighted by atomic mass is 10.0. The smallest absolute Gasteiger partial charge is 0.140 e. The van der Waals surface area contributed by atoms with E-state index in [-0.39, 0.29) is 5.82 Å². The van der Waals surface area contributed by atoms with Crippen molar-refractivity contribution in [2.24, 2.45) is 7.05 Å². The van der Waals surface area contributed by atoms with Crippen LogP contribution in [-0.4, -0.2) is 31.3 Å². The molecule has 0 aliphatic carbocycles. The Hall–Kier alpha value is -3.35. The van der Waals surface area contributed by atoms with E-state index < -0.39 is 0 Å². The highest BCUT2D eigenvalue weighted by molar-refractivity contribution is 5.89. The van der Waals surface area contributed by atoms with Gasteiger partial charge >= 0.3 is 0 Å². The normalized spacial score (nSPS) is 13.8. The number of fused-ring (bicyclic) bond motifs is 2. The summed E-state index contributed by atoms with van der Waals surface area (Å²) >= 11 is 0. The summed E-state index contributed by atoms with van der Waals surface area (Å²) in [7, 11) is 1.92. The summed E-state index contributed by atoms with van der Waals surface area (Å²) in [5.41, 5.74) is 5.06. The highest BCUT2D eigenvalue weighted by Gasteiger charge is 2.21. The molecule has 27 heavy (non-hydrogen) atoms. The molecule has 5 rings (SSSR count). The lowest BCUT2D eigenvalue weighted by Crippen LogP contribution is -2.31. The first-order valence-corrected chi connectivity index (χ1v) is 8.80. The first kappa shape index (κ1) is 15.9. The molecule has 0 fully saturated rings. The topological polar surface area (TPSA) is 59.7 Å². The molecule has 0 radical (unpaired) electrons. The van der Waals surface area contributed by atoms with Crippen LogP contribution in [0, 0.1) is 5.82 Å². The van der Waals surface area contributed by atoms with Gasteiger partial charge in [-0.25, -0.2) is 14.4 Å². The Balaban J connectivity index is 1.54. The monoisotopic (exact) mass is 360 g/mol. The predicted molar refractivity (Wildman–Crippen MR) is 101 cm³/mol. The molecule has 1 aliphatic rings. The highest BCUT2D eigenvalue weighted by Crippen LogP contribution is 2.30. The van der Waals surface area contributed by atoms with Gasteiger partial charge in [-0.05, 0) is 35.9 Å². The minimum absolute atomic E-state index is 0.281. The standard InChI is InChI=1S/C20H17FN6/c1-26-19(4-6-25-26)13-8-14-11-27(7-5-17(14)22-10-13)20-16-9-15(21)2-3-18(16)23-12-24-20/h2-4,6,8-10,12H,5,7,11H2,1H3.